The molecule has 1 N–H and O–H groups in total. The molecular formula is C16H16N2O4. The molecule has 0 saturated carbocycles. The monoisotopic (exact) mass is 300 g/mol. The van der Waals surface area contributed by atoms with Crippen molar-refractivity contribution < 1.29 is 19.0 Å². The average molecular weight is 300 g/mol. The molecule has 0 saturated heterocycles. The summed E-state index contributed by atoms with van der Waals surface area (Å²) in [6, 6.07) is 7.38. The fraction of sp³-hybridized carbons (Fsp3) is 0.250. The summed E-state index contributed by atoms with van der Waals surface area (Å²) in [4.78, 5) is 11.6. The third-order valence-corrected chi connectivity index (χ3v) is 2.94. The minimum absolute atomic E-state index is 0.0443. The summed E-state index contributed by atoms with van der Waals surface area (Å²) < 4.78 is 15.3. The van der Waals surface area contributed by atoms with E-state index in [1.54, 1.807) is 26.1 Å². The van der Waals surface area contributed by atoms with Crippen LogP contribution in [0.15, 0.2) is 35.7 Å². The number of ether oxygens (including phenoxy) is 3. The predicted octanol–water partition coefficient (Wildman–Crippen LogP) is 2.34. The topological polar surface area (TPSA) is 80.6 Å². The highest BCUT2D eigenvalue weighted by Gasteiger charge is 2.13. The van der Waals surface area contributed by atoms with Crippen LogP contribution < -0.4 is 14.8 Å². The summed E-state index contributed by atoms with van der Waals surface area (Å²) in [6.45, 7) is 3.78. The smallest absolute Gasteiger partial charge is 0.350 e. The number of nitrogens with one attached hydrogen (secondary N) is 1. The number of fused-ring (bicyclic) bond motifs is 1. The zero-order valence-electron chi connectivity index (χ0n) is 12.4. The molecule has 0 bridgehead atoms. The van der Waals surface area contributed by atoms with Gasteiger partial charge in [0.2, 0.25) is 6.79 Å². The Morgan fingerprint density at radius 3 is 2.95 bits per heavy atom. The fourth-order valence-corrected chi connectivity index (χ4v) is 1.84. The standard InChI is InChI=1S/C16H16N2O4/c1-3-20-16(19)13(9-17)11(2)18-7-6-12-4-5-14-15(8-12)22-10-21-14/h4-8,18H,3,10H2,1-2H3/b7-6+,13-11-. The van der Waals surface area contributed by atoms with Gasteiger partial charge in [-0.1, -0.05) is 6.07 Å². The first-order valence-corrected chi connectivity index (χ1v) is 6.76. The molecule has 22 heavy (non-hydrogen) atoms. The molecule has 0 atom stereocenters. The lowest BCUT2D eigenvalue weighted by molar-refractivity contribution is -0.138. The van der Waals surface area contributed by atoms with Crippen LogP contribution in [0.3, 0.4) is 0 Å². The molecule has 1 aromatic carbocycles. The van der Waals surface area contributed by atoms with Gasteiger partial charge < -0.3 is 19.5 Å². The first-order chi connectivity index (χ1) is 10.7. The lowest BCUT2D eigenvalue weighted by atomic mass is 10.2. The second-order valence-corrected chi connectivity index (χ2v) is 4.42. The lowest BCUT2D eigenvalue weighted by Gasteiger charge is -2.05. The Hall–Kier alpha value is -2.94. The van der Waals surface area contributed by atoms with E-state index in [0.717, 1.165) is 11.3 Å². The highest BCUT2D eigenvalue weighted by molar-refractivity contribution is 5.93. The second-order valence-electron chi connectivity index (χ2n) is 4.42. The molecule has 2 rings (SSSR count). The number of nitriles is 1. The molecule has 0 aliphatic carbocycles. The van der Waals surface area contributed by atoms with Crippen LogP contribution in [-0.4, -0.2) is 19.4 Å². The van der Waals surface area contributed by atoms with Crippen molar-refractivity contribution in [3.05, 3.63) is 41.2 Å². The molecule has 114 valence electrons. The average Bonchev–Trinajstić information content (AvgIpc) is 2.96. The number of rotatable bonds is 5. The Bertz CT molecular complexity index is 671. The number of hydrogen-bond donors (Lipinski definition) is 1. The Morgan fingerprint density at radius 1 is 1.45 bits per heavy atom. The highest BCUT2D eigenvalue weighted by atomic mass is 16.7. The molecule has 0 amide bonds. The maximum atomic E-state index is 11.6. The van der Waals surface area contributed by atoms with Gasteiger partial charge in [0, 0.05) is 11.9 Å². The van der Waals surface area contributed by atoms with Crippen LogP contribution in [0.5, 0.6) is 11.5 Å². The molecule has 1 heterocycles. The first kappa shape index (κ1) is 15.4. The van der Waals surface area contributed by atoms with Gasteiger partial charge in [-0.25, -0.2) is 4.79 Å². The number of carbonyl (C=O) groups is 1. The number of esters is 1. The van der Waals surface area contributed by atoms with E-state index >= 15 is 0 Å². The van der Waals surface area contributed by atoms with Gasteiger partial charge in [0.15, 0.2) is 17.1 Å². The van der Waals surface area contributed by atoms with E-state index in [4.69, 9.17) is 19.5 Å². The minimum Gasteiger partial charge on any atom is -0.462 e. The Labute approximate surface area is 128 Å². The molecule has 0 fully saturated rings. The summed E-state index contributed by atoms with van der Waals surface area (Å²) in [5, 5.41) is 11.9. The van der Waals surface area contributed by atoms with Crippen molar-refractivity contribution >= 4 is 12.0 Å². The predicted molar refractivity (Wildman–Crippen MR) is 79.7 cm³/mol. The highest BCUT2D eigenvalue weighted by Crippen LogP contribution is 2.32. The van der Waals surface area contributed by atoms with E-state index in [0.29, 0.717) is 11.4 Å². The van der Waals surface area contributed by atoms with Crippen molar-refractivity contribution in [2.75, 3.05) is 13.4 Å². The van der Waals surface area contributed by atoms with Crippen LogP contribution in [0.4, 0.5) is 0 Å². The summed E-state index contributed by atoms with van der Waals surface area (Å²) >= 11 is 0. The van der Waals surface area contributed by atoms with Gasteiger partial charge >= 0.3 is 5.97 Å². The van der Waals surface area contributed by atoms with E-state index in [9.17, 15) is 4.79 Å². The van der Waals surface area contributed by atoms with Gasteiger partial charge in [0.25, 0.3) is 0 Å². The first-order valence-electron chi connectivity index (χ1n) is 6.76. The SMILES string of the molecule is CCOC(=O)/C(C#N)=C(/C)N/C=C/c1ccc2c(c1)OCO2. The van der Waals surface area contributed by atoms with Gasteiger partial charge in [-0.15, -0.1) is 0 Å². The van der Waals surface area contributed by atoms with Crippen LogP contribution in [0.1, 0.15) is 19.4 Å². The van der Waals surface area contributed by atoms with Crippen LogP contribution >= 0.6 is 0 Å². The van der Waals surface area contributed by atoms with Crippen LogP contribution in [0.25, 0.3) is 6.08 Å². The van der Waals surface area contributed by atoms with E-state index in [2.05, 4.69) is 5.32 Å². The van der Waals surface area contributed by atoms with Crippen molar-refractivity contribution in [1.29, 1.82) is 5.26 Å². The molecule has 0 radical (unpaired) electrons. The summed E-state index contributed by atoms with van der Waals surface area (Å²) in [5.41, 5.74) is 1.29. The maximum Gasteiger partial charge on any atom is 0.350 e. The molecular weight excluding hydrogens is 284 g/mol. The van der Waals surface area contributed by atoms with Gasteiger partial charge in [-0.3, -0.25) is 0 Å². The van der Waals surface area contributed by atoms with Gasteiger partial charge in [-0.05, 0) is 37.6 Å². The van der Waals surface area contributed by atoms with Gasteiger partial charge in [-0.2, -0.15) is 5.26 Å². The number of carbonyl (C=O) groups excluding carboxylic acids is 1. The number of nitrogens with zero attached hydrogens (tertiary/aromatic N) is 1. The Kier molecular flexibility index (Phi) is 5.04. The van der Waals surface area contributed by atoms with E-state index < -0.39 is 5.97 Å². The van der Waals surface area contributed by atoms with Crippen molar-refractivity contribution in [3.8, 4) is 17.6 Å². The van der Waals surface area contributed by atoms with E-state index in [1.807, 2.05) is 24.3 Å². The molecule has 6 heteroatoms. The van der Waals surface area contributed by atoms with Crippen molar-refractivity contribution in [1.82, 2.24) is 5.32 Å². The second kappa shape index (κ2) is 7.18. The lowest BCUT2D eigenvalue weighted by Crippen LogP contribution is -2.13. The number of benzene rings is 1. The molecule has 0 unspecified atom stereocenters. The third-order valence-electron chi connectivity index (χ3n) is 2.94. The quantitative estimate of drug-likeness (QED) is 0.510. The zero-order chi connectivity index (χ0) is 15.9. The van der Waals surface area contributed by atoms with Gasteiger partial charge in [0.1, 0.15) is 6.07 Å². The van der Waals surface area contributed by atoms with Gasteiger partial charge in [0.05, 0.1) is 6.61 Å². The van der Waals surface area contributed by atoms with Crippen LogP contribution in [0, 0.1) is 11.3 Å². The van der Waals surface area contributed by atoms with Crippen LogP contribution in [0.2, 0.25) is 0 Å². The summed E-state index contributed by atoms with van der Waals surface area (Å²) in [7, 11) is 0. The molecule has 0 spiro atoms. The minimum atomic E-state index is -0.633. The van der Waals surface area contributed by atoms with Crippen molar-refractivity contribution in [3.63, 3.8) is 0 Å². The molecule has 1 aromatic rings. The number of allylic oxidation sites excluding steroid dienone is 1. The maximum absolute atomic E-state index is 11.6. The normalized spacial score (nSPS) is 13.5. The molecule has 0 aromatic heterocycles. The molecule has 1 aliphatic heterocycles. The third kappa shape index (κ3) is 3.58. The van der Waals surface area contributed by atoms with E-state index in [1.165, 1.54) is 0 Å². The Morgan fingerprint density at radius 2 is 2.23 bits per heavy atom. The van der Waals surface area contributed by atoms with E-state index in [-0.39, 0.29) is 19.0 Å². The number of hydrogen-bond acceptors (Lipinski definition) is 6. The van der Waals surface area contributed by atoms with Crippen LogP contribution in [-0.2, 0) is 9.53 Å². The van der Waals surface area contributed by atoms with Crippen molar-refractivity contribution in [2.45, 2.75) is 13.8 Å². The molecule has 6 nitrogen and oxygen atoms in total. The zero-order valence-corrected chi connectivity index (χ0v) is 12.4. The fourth-order valence-electron chi connectivity index (χ4n) is 1.84. The summed E-state index contributed by atoms with van der Waals surface area (Å²) in [5.74, 6) is 0.778. The summed E-state index contributed by atoms with van der Waals surface area (Å²) in [6.07, 6.45) is 3.44. The largest absolute Gasteiger partial charge is 0.462 e. The molecule has 1 aliphatic rings. The van der Waals surface area contributed by atoms with Crippen molar-refractivity contribution in [2.24, 2.45) is 0 Å². The Balaban J connectivity index is 2.05.